The predicted molar refractivity (Wildman–Crippen MR) is 43.7 cm³/mol. The predicted octanol–water partition coefficient (Wildman–Crippen LogP) is 0.718. The molecule has 5 heteroatoms. The minimum absolute atomic E-state index is 0.0431. The van der Waals surface area contributed by atoms with Crippen LogP contribution in [-0.4, -0.2) is 16.6 Å². The summed E-state index contributed by atoms with van der Waals surface area (Å²) in [4.78, 5) is 6.28. The molecule has 0 amide bonds. The zero-order valence-corrected chi connectivity index (χ0v) is 6.74. The normalized spacial score (nSPS) is 8.46. The molecule has 64 valence electrons. The molecule has 0 aliphatic heterocycles. The summed E-state index contributed by atoms with van der Waals surface area (Å²) < 4.78 is 4.99. The standard InChI is InChI=1S/C8H6N4O/c1-2-3-13-8-11-6(4-9)7(5-10)12-8/h2H,1,3H2,(H,11,12). The maximum atomic E-state index is 8.54. The lowest BCUT2D eigenvalue weighted by molar-refractivity contribution is 0.336. The summed E-state index contributed by atoms with van der Waals surface area (Å²) >= 11 is 0. The van der Waals surface area contributed by atoms with Crippen molar-refractivity contribution in [3.63, 3.8) is 0 Å². The van der Waals surface area contributed by atoms with Gasteiger partial charge in [-0.25, -0.2) is 0 Å². The summed E-state index contributed by atoms with van der Waals surface area (Å²) in [6.07, 6.45) is 1.54. The summed E-state index contributed by atoms with van der Waals surface area (Å²) in [6.45, 7) is 3.73. The molecule has 0 saturated heterocycles. The van der Waals surface area contributed by atoms with Crippen LogP contribution >= 0.6 is 0 Å². The molecule has 0 radical (unpaired) electrons. The van der Waals surface area contributed by atoms with E-state index in [0.29, 0.717) is 0 Å². The molecule has 0 aromatic carbocycles. The number of rotatable bonds is 3. The van der Waals surface area contributed by atoms with Gasteiger partial charge in [0.05, 0.1) is 0 Å². The van der Waals surface area contributed by atoms with Crippen LogP contribution in [0.15, 0.2) is 12.7 Å². The van der Waals surface area contributed by atoms with Crippen molar-refractivity contribution in [2.45, 2.75) is 0 Å². The van der Waals surface area contributed by atoms with E-state index in [0.717, 1.165) is 0 Å². The molecule has 0 unspecified atom stereocenters. The monoisotopic (exact) mass is 174 g/mol. The van der Waals surface area contributed by atoms with Crippen molar-refractivity contribution < 1.29 is 4.74 Å². The average Bonchev–Trinajstić information content (AvgIpc) is 2.57. The number of nitrogens with one attached hydrogen (secondary N) is 1. The highest BCUT2D eigenvalue weighted by Gasteiger charge is 2.08. The third-order valence-electron chi connectivity index (χ3n) is 1.24. The fourth-order valence-electron chi connectivity index (χ4n) is 0.720. The molecule has 0 fully saturated rings. The maximum Gasteiger partial charge on any atom is 0.296 e. The van der Waals surface area contributed by atoms with Crippen LogP contribution in [0.1, 0.15) is 11.4 Å². The number of aromatic amines is 1. The number of ether oxygens (including phenoxy) is 1. The highest BCUT2D eigenvalue weighted by Crippen LogP contribution is 2.09. The van der Waals surface area contributed by atoms with Gasteiger partial charge in [-0.15, -0.1) is 0 Å². The van der Waals surface area contributed by atoms with Crippen LogP contribution in [0.25, 0.3) is 0 Å². The van der Waals surface area contributed by atoms with Gasteiger partial charge in [0.1, 0.15) is 18.7 Å². The summed E-state index contributed by atoms with van der Waals surface area (Å²) in [5, 5.41) is 17.1. The van der Waals surface area contributed by atoms with Crippen LogP contribution in [0, 0.1) is 22.7 Å². The van der Waals surface area contributed by atoms with Gasteiger partial charge in [-0.1, -0.05) is 12.7 Å². The van der Waals surface area contributed by atoms with Gasteiger partial charge >= 0.3 is 0 Å². The van der Waals surface area contributed by atoms with E-state index >= 15 is 0 Å². The van der Waals surface area contributed by atoms with E-state index in [-0.39, 0.29) is 24.0 Å². The largest absolute Gasteiger partial charge is 0.461 e. The first-order chi connectivity index (χ1) is 6.31. The highest BCUT2D eigenvalue weighted by molar-refractivity contribution is 5.37. The average molecular weight is 174 g/mol. The van der Waals surface area contributed by atoms with Crippen LogP contribution in [-0.2, 0) is 0 Å². The van der Waals surface area contributed by atoms with E-state index in [4.69, 9.17) is 15.3 Å². The van der Waals surface area contributed by atoms with Crippen LogP contribution < -0.4 is 4.74 Å². The van der Waals surface area contributed by atoms with Crippen molar-refractivity contribution in [1.29, 1.82) is 10.5 Å². The van der Waals surface area contributed by atoms with Gasteiger partial charge in [0, 0.05) is 0 Å². The second-order valence-electron chi connectivity index (χ2n) is 2.09. The molecule has 1 N–H and O–H groups in total. The zero-order valence-electron chi connectivity index (χ0n) is 6.74. The number of hydrogen-bond acceptors (Lipinski definition) is 4. The van der Waals surface area contributed by atoms with Gasteiger partial charge in [0.2, 0.25) is 0 Å². The van der Waals surface area contributed by atoms with Gasteiger partial charge in [0.15, 0.2) is 11.4 Å². The number of imidazole rings is 1. The molecule has 0 aliphatic carbocycles. The fraction of sp³-hybridized carbons (Fsp3) is 0.125. The molecule has 5 nitrogen and oxygen atoms in total. The Balaban J connectivity index is 2.89. The third kappa shape index (κ3) is 1.85. The lowest BCUT2D eigenvalue weighted by Gasteiger charge is -1.94. The molecular weight excluding hydrogens is 168 g/mol. The van der Waals surface area contributed by atoms with Gasteiger partial charge in [0.25, 0.3) is 6.01 Å². The highest BCUT2D eigenvalue weighted by atomic mass is 16.5. The molecule has 1 aromatic heterocycles. The molecule has 0 atom stereocenters. The van der Waals surface area contributed by atoms with Crippen LogP contribution in [0.3, 0.4) is 0 Å². The third-order valence-corrected chi connectivity index (χ3v) is 1.24. The van der Waals surface area contributed by atoms with Crippen molar-refractivity contribution in [2.75, 3.05) is 6.61 Å². The Morgan fingerprint density at radius 3 is 2.77 bits per heavy atom. The number of H-pyrrole nitrogens is 1. The number of nitrogens with zero attached hydrogens (tertiary/aromatic N) is 3. The SMILES string of the molecule is C=CCOc1nc(C#N)c(C#N)[nH]1. The molecule has 1 rings (SSSR count). The van der Waals surface area contributed by atoms with Gasteiger partial charge in [-0.3, -0.25) is 4.98 Å². The van der Waals surface area contributed by atoms with Crippen molar-refractivity contribution in [3.8, 4) is 18.1 Å². The number of nitriles is 2. The van der Waals surface area contributed by atoms with Gasteiger partial charge in [-0.2, -0.15) is 15.5 Å². The Labute approximate surface area is 74.9 Å². The van der Waals surface area contributed by atoms with Crippen molar-refractivity contribution >= 4 is 0 Å². The van der Waals surface area contributed by atoms with Gasteiger partial charge in [-0.05, 0) is 0 Å². The molecular formula is C8H6N4O. The van der Waals surface area contributed by atoms with Gasteiger partial charge < -0.3 is 4.74 Å². The Morgan fingerprint density at radius 2 is 2.31 bits per heavy atom. The van der Waals surface area contributed by atoms with E-state index in [9.17, 15) is 0 Å². The molecule has 1 aromatic rings. The summed E-state index contributed by atoms with van der Waals surface area (Å²) in [6, 6.07) is 3.73. The van der Waals surface area contributed by atoms with E-state index < -0.39 is 0 Å². The molecule has 0 spiro atoms. The quantitative estimate of drug-likeness (QED) is 0.684. The van der Waals surface area contributed by atoms with Crippen molar-refractivity contribution in [3.05, 3.63) is 24.0 Å². The minimum atomic E-state index is 0.0431. The molecule has 0 bridgehead atoms. The Morgan fingerprint density at radius 1 is 1.54 bits per heavy atom. The first-order valence-electron chi connectivity index (χ1n) is 3.45. The smallest absolute Gasteiger partial charge is 0.296 e. The second kappa shape index (κ2) is 3.93. The lowest BCUT2D eigenvalue weighted by Crippen LogP contribution is -1.94. The van der Waals surface area contributed by atoms with Crippen molar-refractivity contribution in [1.82, 2.24) is 9.97 Å². The van der Waals surface area contributed by atoms with Crippen LogP contribution in [0.2, 0.25) is 0 Å². The second-order valence-corrected chi connectivity index (χ2v) is 2.09. The number of aromatic nitrogens is 2. The Kier molecular flexibility index (Phi) is 2.67. The number of hydrogen-bond donors (Lipinski definition) is 1. The first kappa shape index (κ1) is 8.82. The zero-order chi connectivity index (χ0) is 9.68. The summed E-state index contributed by atoms with van der Waals surface area (Å²) in [5.41, 5.74) is 0.156. The first-order valence-corrected chi connectivity index (χ1v) is 3.45. The lowest BCUT2D eigenvalue weighted by atomic mass is 10.4. The molecule has 13 heavy (non-hydrogen) atoms. The van der Waals surface area contributed by atoms with E-state index in [1.165, 1.54) is 0 Å². The molecule has 0 aliphatic rings. The molecule has 1 heterocycles. The van der Waals surface area contributed by atoms with Crippen molar-refractivity contribution in [2.24, 2.45) is 0 Å². The Hall–Kier alpha value is -2.27. The topological polar surface area (TPSA) is 85.5 Å². The van der Waals surface area contributed by atoms with Crippen LogP contribution in [0.5, 0.6) is 6.01 Å². The maximum absolute atomic E-state index is 8.54. The summed E-state index contributed by atoms with van der Waals surface area (Å²) in [7, 11) is 0. The summed E-state index contributed by atoms with van der Waals surface area (Å²) in [5.74, 6) is 0. The van der Waals surface area contributed by atoms with E-state index in [1.54, 1.807) is 18.2 Å². The molecule has 0 saturated carbocycles. The van der Waals surface area contributed by atoms with Crippen LogP contribution in [0.4, 0.5) is 0 Å². The Bertz CT molecular complexity index is 362. The van der Waals surface area contributed by atoms with E-state index in [2.05, 4.69) is 16.5 Å². The fourth-order valence-corrected chi connectivity index (χ4v) is 0.720. The minimum Gasteiger partial charge on any atom is -0.461 e. The van der Waals surface area contributed by atoms with E-state index in [1.807, 2.05) is 0 Å².